The number of para-hydroxylation sites is 1. The second kappa shape index (κ2) is 5.37. The first-order chi connectivity index (χ1) is 10.5. The highest BCUT2D eigenvalue weighted by molar-refractivity contribution is 5.88. The van der Waals surface area contributed by atoms with Crippen LogP contribution in [0, 0.1) is 0 Å². The Balaban J connectivity index is 2.13. The van der Waals surface area contributed by atoms with Crippen LogP contribution in [0.5, 0.6) is 0 Å². The largest absolute Gasteiger partial charge is 0.456 e. The van der Waals surface area contributed by atoms with Crippen molar-refractivity contribution >= 4 is 11.0 Å². The molecule has 0 atom stereocenters. The zero-order valence-electron chi connectivity index (χ0n) is 11.7. The van der Waals surface area contributed by atoms with Gasteiger partial charge in [-0.05, 0) is 24.6 Å². The van der Waals surface area contributed by atoms with E-state index in [1.165, 1.54) is 12.1 Å². The van der Waals surface area contributed by atoms with Gasteiger partial charge in [-0.15, -0.1) is 6.58 Å². The molecule has 3 aromatic rings. The Bertz CT molecular complexity index is 810. The fourth-order valence-corrected chi connectivity index (χ4v) is 2.49. The Morgan fingerprint density at radius 3 is 2.32 bits per heavy atom. The van der Waals surface area contributed by atoms with Crippen LogP contribution in [0.1, 0.15) is 11.1 Å². The molecule has 0 amide bonds. The molecule has 1 nitrogen and oxygen atoms in total. The van der Waals surface area contributed by atoms with Gasteiger partial charge in [0.1, 0.15) is 11.3 Å². The lowest BCUT2D eigenvalue weighted by Gasteiger charge is -2.07. The molecule has 0 aliphatic carbocycles. The first-order valence-corrected chi connectivity index (χ1v) is 6.79. The van der Waals surface area contributed by atoms with Crippen molar-refractivity contribution < 1.29 is 17.6 Å². The quantitative estimate of drug-likeness (QED) is 0.553. The molecule has 0 N–H and O–H groups in total. The lowest BCUT2D eigenvalue weighted by Crippen LogP contribution is -2.04. The van der Waals surface area contributed by atoms with Crippen LogP contribution in [0.3, 0.4) is 0 Å². The highest BCUT2D eigenvalue weighted by atomic mass is 19.4. The summed E-state index contributed by atoms with van der Waals surface area (Å²) in [6.07, 6.45) is -1.99. The van der Waals surface area contributed by atoms with E-state index in [-0.39, 0.29) is 0 Å². The maximum Gasteiger partial charge on any atom is 0.416 e. The topological polar surface area (TPSA) is 13.1 Å². The van der Waals surface area contributed by atoms with Crippen LogP contribution in [-0.2, 0) is 12.6 Å². The first-order valence-electron chi connectivity index (χ1n) is 6.79. The van der Waals surface area contributed by atoms with E-state index in [9.17, 15) is 13.2 Å². The lowest BCUT2D eigenvalue weighted by molar-refractivity contribution is -0.137. The van der Waals surface area contributed by atoms with Crippen molar-refractivity contribution in [1.29, 1.82) is 0 Å². The molecule has 0 bridgehead atoms. The predicted octanol–water partition coefficient (Wildman–Crippen LogP) is 5.85. The van der Waals surface area contributed by atoms with Gasteiger partial charge in [-0.3, -0.25) is 0 Å². The van der Waals surface area contributed by atoms with Gasteiger partial charge in [0.25, 0.3) is 0 Å². The van der Waals surface area contributed by atoms with Crippen LogP contribution >= 0.6 is 0 Å². The third-order valence-corrected chi connectivity index (χ3v) is 3.52. The van der Waals surface area contributed by atoms with E-state index in [0.29, 0.717) is 23.3 Å². The van der Waals surface area contributed by atoms with Crippen molar-refractivity contribution in [3.8, 4) is 11.3 Å². The summed E-state index contributed by atoms with van der Waals surface area (Å²) in [6.45, 7) is 3.73. The Labute approximate surface area is 125 Å². The predicted molar refractivity (Wildman–Crippen MR) is 80.6 cm³/mol. The lowest BCUT2D eigenvalue weighted by atomic mass is 10.0. The van der Waals surface area contributed by atoms with Gasteiger partial charge < -0.3 is 4.42 Å². The minimum atomic E-state index is -4.34. The number of benzene rings is 2. The van der Waals surface area contributed by atoms with E-state index in [2.05, 4.69) is 6.58 Å². The molecule has 0 unspecified atom stereocenters. The highest BCUT2D eigenvalue weighted by Crippen LogP contribution is 2.36. The molecule has 4 heteroatoms. The molecule has 0 saturated heterocycles. The summed E-state index contributed by atoms with van der Waals surface area (Å²) in [5.74, 6) is 0.592. The fourth-order valence-electron chi connectivity index (χ4n) is 2.49. The van der Waals surface area contributed by atoms with Crippen LogP contribution in [0.25, 0.3) is 22.3 Å². The zero-order chi connectivity index (χ0) is 15.7. The molecule has 3 rings (SSSR count). The van der Waals surface area contributed by atoms with E-state index >= 15 is 0 Å². The van der Waals surface area contributed by atoms with E-state index in [1.807, 2.05) is 24.3 Å². The standard InChI is InChI=1S/C18H13F3O/c1-2-5-15-14-6-3-4-7-16(14)22-17(15)12-8-10-13(11-9-12)18(19,20)21/h2-4,6-11H,1,5H2. The van der Waals surface area contributed by atoms with E-state index in [1.54, 1.807) is 6.08 Å². The summed E-state index contributed by atoms with van der Waals surface area (Å²) < 4.78 is 43.8. The van der Waals surface area contributed by atoms with Crippen molar-refractivity contribution in [2.75, 3.05) is 0 Å². The Kier molecular flexibility index (Phi) is 3.53. The Hall–Kier alpha value is -2.49. The number of furan rings is 1. The Morgan fingerprint density at radius 2 is 1.68 bits per heavy atom. The van der Waals surface area contributed by atoms with Crippen LogP contribution in [-0.4, -0.2) is 0 Å². The molecule has 1 aromatic heterocycles. The maximum absolute atomic E-state index is 12.7. The Morgan fingerprint density at radius 1 is 1.00 bits per heavy atom. The molecule has 0 aliphatic heterocycles. The van der Waals surface area contributed by atoms with Gasteiger partial charge in [0.15, 0.2) is 0 Å². The van der Waals surface area contributed by atoms with Gasteiger partial charge in [0.2, 0.25) is 0 Å². The van der Waals surface area contributed by atoms with E-state index in [0.717, 1.165) is 23.1 Å². The minimum Gasteiger partial charge on any atom is -0.456 e. The van der Waals surface area contributed by atoms with Crippen molar-refractivity contribution in [3.63, 3.8) is 0 Å². The third kappa shape index (κ3) is 2.52. The summed E-state index contributed by atoms with van der Waals surface area (Å²) in [5, 5.41) is 0.956. The van der Waals surface area contributed by atoms with Crippen molar-refractivity contribution in [2.24, 2.45) is 0 Å². The minimum absolute atomic E-state index is 0.591. The summed E-state index contributed by atoms with van der Waals surface area (Å²) >= 11 is 0. The molecule has 0 fully saturated rings. The SMILES string of the molecule is C=CCc1c(-c2ccc(C(F)(F)F)cc2)oc2ccccc12. The van der Waals surface area contributed by atoms with Crippen molar-refractivity contribution in [3.05, 3.63) is 72.3 Å². The fraction of sp³-hybridized carbons (Fsp3) is 0.111. The highest BCUT2D eigenvalue weighted by Gasteiger charge is 2.30. The van der Waals surface area contributed by atoms with Gasteiger partial charge >= 0.3 is 6.18 Å². The number of hydrogen-bond donors (Lipinski definition) is 0. The smallest absolute Gasteiger partial charge is 0.416 e. The van der Waals surface area contributed by atoms with Crippen LogP contribution < -0.4 is 0 Å². The number of hydrogen-bond acceptors (Lipinski definition) is 1. The summed E-state index contributed by atoms with van der Waals surface area (Å²) in [4.78, 5) is 0. The normalized spacial score (nSPS) is 11.8. The molecular weight excluding hydrogens is 289 g/mol. The molecule has 0 aliphatic rings. The number of fused-ring (bicyclic) bond motifs is 1. The molecule has 0 saturated carbocycles. The maximum atomic E-state index is 12.7. The molecule has 2 aromatic carbocycles. The number of allylic oxidation sites excluding steroid dienone is 1. The van der Waals surface area contributed by atoms with Gasteiger partial charge in [-0.1, -0.05) is 36.4 Å². The van der Waals surface area contributed by atoms with Gasteiger partial charge in [-0.25, -0.2) is 0 Å². The van der Waals surface area contributed by atoms with Crippen molar-refractivity contribution in [1.82, 2.24) is 0 Å². The average molecular weight is 302 g/mol. The van der Waals surface area contributed by atoms with Crippen LogP contribution in [0.15, 0.2) is 65.6 Å². The zero-order valence-corrected chi connectivity index (χ0v) is 11.7. The second-order valence-corrected chi connectivity index (χ2v) is 4.97. The summed E-state index contributed by atoms with van der Waals surface area (Å²) in [6, 6.07) is 12.6. The van der Waals surface area contributed by atoms with E-state index < -0.39 is 11.7 Å². The third-order valence-electron chi connectivity index (χ3n) is 3.52. The van der Waals surface area contributed by atoms with Crippen LogP contribution in [0.4, 0.5) is 13.2 Å². The molecule has 112 valence electrons. The summed E-state index contributed by atoms with van der Waals surface area (Å²) in [5.41, 5.74) is 1.61. The first kappa shape index (κ1) is 14.4. The number of halogens is 3. The average Bonchev–Trinajstić information content (AvgIpc) is 2.86. The van der Waals surface area contributed by atoms with E-state index in [4.69, 9.17) is 4.42 Å². The van der Waals surface area contributed by atoms with Gasteiger partial charge in [-0.2, -0.15) is 13.2 Å². The molecule has 22 heavy (non-hydrogen) atoms. The monoisotopic (exact) mass is 302 g/mol. The van der Waals surface area contributed by atoms with Crippen molar-refractivity contribution in [2.45, 2.75) is 12.6 Å². The number of alkyl halides is 3. The summed E-state index contributed by atoms with van der Waals surface area (Å²) in [7, 11) is 0. The molecule has 0 spiro atoms. The molecule has 0 radical (unpaired) electrons. The number of rotatable bonds is 3. The molecular formula is C18H13F3O. The van der Waals surface area contributed by atoms with Crippen LogP contribution in [0.2, 0.25) is 0 Å². The molecule has 1 heterocycles. The van der Waals surface area contributed by atoms with Gasteiger partial charge in [0, 0.05) is 16.5 Å². The van der Waals surface area contributed by atoms with Gasteiger partial charge in [0.05, 0.1) is 5.56 Å². The second-order valence-electron chi connectivity index (χ2n) is 4.97.